The molecule has 4 rings (SSSR count). The van der Waals surface area contributed by atoms with Gasteiger partial charge in [-0.05, 0) is 29.8 Å². The highest BCUT2D eigenvalue weighted by atomic mass is 16.5. The van der Waals surface area contributed by atoms with E-state index in [-0.39, 0.29) is 5.57 Å². The van der Waals surface area contributed by atoms with Gasteiger partial charge >= 0.3 is 5.97 Å². The van der Waals surface area contributed by atoms with Crippen LogP contribution in [-0.4, -0.2) is 36.5 Å². The molecular weight excluding hydrogens is 394 g/mol. The minimum Gasteiger partial charge on any atom is -0.496 e. The number of benzene rings is 3. The summed E-state index contributed by atoms with van der Waals surface area (Å²) in [7, 11) is 1.55. The maximum Gasteiger partial charge on any atom is 0.340 e. The van der Waals surface area contributed by atoms with E-state index in [1.807, 2.05) is 36.4 Å². The highest BCUT2D eigenvalue weighted by Crippen LogP contribution is 2.26. The van der Waals surface area contributed by atoms with E-state index in [4.69, 9.17) is 9.47 Å². The third-order valence-electron chi connectivity index (χ3n) is 4.95. The number of rotatable bonds is 6. The van der Waals surface area contributed by atoms with Gasteiger partial charge in [0.2, 0.25) is 0 Å². The van der Waals surface area contributed by atoms with Crippen molar-refractivity contribution in [3.8, 4) is 5.75 Å². The second-order valence-corrected chi connectivity index (χ2v) is 6.81. The van der Waals surface area contributed by atoms with Crippen LogP contribution in [0.3, 0.4) is 0 Å². The Labute approximate surface area is 179 Å². The van der Waals surface area contributed by atoms with Crippen molar-refractivity contribution in [3.63, 3.8) is 0 Å². The van der Waals surface area contributed by atoms with E-state index in [0.29, 0.717) is 28.0 Å². The number of hydrogen-bond acceptors (Lipinski definition) is 5. The van der Waals surface area contributed by atoms with Crippen molar-refractivity contribution < 1.29 is 23.9 Å². The van der Waals surface area contributed by atoms with Gasteiger partial charge in [-0.15, -0.1) is 0 Å². The van der Waals surface area contributed by atoms with E-state index >= 15 is 0 Å². The summed E-state index contributed by atoms with van der Waals surface area (Å²) in [5.41, 5.74) is 2.22. The lowest BCUT2D eigenvalue weighted by molar-refractivity contribution is -0.139. The molecule has 31 heavy (non-hydrogen) atoms. The molecule has 1 heterocycles. The van der Waals surface area contributed by atoms with Crippen molar-refractivity contribution in [1.29, 1.82) is 0 Å². The normalized spacial score (nSPS) is 13.2. The standard InChI is InChI=1S/C25H19NO5/c1-30-22-14-8-5-11-18(22)15-21(17-9-3-2-4-10-17)25(29)31-16-26-23(27)19-12-6-7-13-20(19)24(26)28/h2-15H,16H2,1H3/b21-15+. The number of carbonyl (C=O) groups is 3. The number of para-hydroxylation sites is 1. The molecule has 0 saturated heterocycles. The van der Waals surface area contributed by atoms with Gasteiger partial charge in [0, 0.05) is 5.56 Å². The van der Waals surface area contributed by atoms with Gasteiger partial charge in [0.1, 0.15) is 5.75 Å². The van der Waals surface area contributed by atoms with Crippen LogP contribution in [-0.2, 0) is 9.53 Å². The highest BCUT2D eigenvalue weighted by Gasteiger charge is 2.36. The van der Waals surface area contributed by atoms with E-state index < -0.39 is 24.5 Å². The lowest BCUT2D eigenvalue weighted by Crippen LogP contribution is -2.33. The van der Waals surface area contributed by atoms with Gasteiger partial charge in [0.25, 0.3) is 11.8 Å². The molecule has 0 fully saturated rings. The number of methoxy groups -OCH3 is 1. The first-order valence-electron chi connectivity index (χ1n) is 9.62. The Morgan fingerprint density at radius 3 is 2.06 bits per heavy atom. The zero-order valence-corrected chi connectivity index (χ0v) is 16.8. The SMILES string of the molecule is COc1ccccc1/C=C(/C(=O)OCN1C(=O)c2ccccc2C1=O)c1ccccc1. The average Bonchev–Trinajstić information content (AvgIpc) is 3.06. The lowest BCUT2D eigenvalue weighted by Gasteiger charge is -2.15. The Bertz CT molecular complexity index is 1150. The van der Waals surface area contributed by atoms with Crippen molar-refractivity contribution in [1.82, 2.24) is 4.90 Å². The summed E-state index contributed by atoms with van der Waals surface area (Å²) in [5, 5.41) is 0. The predicted molar refractivity (Wildman–Crippen MR) is 115 cm³/mol. The number of fused-ring (bicyclic) bond motifs is 1. The van der Waals surface area contributed by atoms with Crippen LogP contribution < -0.4 is 4.74 Å². The van der Waals surface area contributed by atoms with Crippen molar-refractivity contribution in [2.24, 2.45) is 0 Å². The Balaban J connectivity index is 1.60. The predicted octanol–water partition coefficient (Wildman–Crippen LogP) is 4.03. The Morgan fingerprint density at radius 1 is 0.839 bits per heavy atom. The third kappa shape index (κ3) is 3.96. The fraction of sp³-hybridized carbons (Fsp3) is 0.0800. The second kappa shape index (κ2) is 8.67. The van der Waals surface area contributed by atoms with Crippen molar-refractivity contribution >= 4 is 29.4 Å². The van der Waals surface area contributed by atoms with Crippen LogP contribution in [0.15, 0.2) is 78.9 Å². The summed E-state index contributed by atoms with van der Waals surface area (Å²) in [6.45, 7) is -0.471. The maximum absolute atomic E-state index is 13.0. The molecule has 0 saturated carbocycles. The minimum atomic E-state index is -0.659. The third-order valence-corrected chi connectivity index (χ3v) is 4.95. The van der Waals surface area contributed by atoms with Crippen LogP contribution in [0.5, 0.6) is 5.75 Å². The molecule has 3 aromatic rings. The van der Waals surface area contributed by atoms with Crippen LogP contribution in [0.1, 0.15) is 31.8 Å². The van der Waals surface area contributed by atoms with E-state index in [2.05, 4.69) is 0 Å². The molecule has 1 aliphatic rings. The molecule has 3 aromatic carbocycles. The number of nitrogens with zero attached hydrogens (tertiary/aromatic N) is 1. The zero-order valence-electron chi connectivity index (χ0n) is 16.8. The summed E-state index contributed by atoms with van der Waals surface area (Å²) < 4.78 is 10.8. The molecule has 6 nitrogen and oxygen atoms in total. The molecule has 2 amide bonds. The Hall–Kier alpha value is -4.19. The topological polar surface area (TPSA) is 72.9 Å². The van der Waals surface area contributed by atoms with Crippen molar-refractivity contribution in [2.45, 2.75) is 0 Å². The Morgan fingerprint density at radius 2 is 1.42 bits per heavy atom. The molecule has 0 aromatic heterocycles. The monoisotopic (exact) mass is 413 g/mol. The van der Waals surface area contributed by atoms with E-state index in [9.17, 15) is 14.4 Å². The maximum atomic E-state index is 13.0. The molecule has 0 atom stereocenters. The van der Waals surface area contributed by atoms with Gasteiger partial charge in [-0.2, -0.15) is 0 Å². The van der Waals surface area contributed by atoms with Crippen LogP contribution >= 0.6 is 0 Å². The quantitative estimate of drug-likeness (QED) is 0.264. The molecule has 154 valence electrons. The molecule has 0 spiro atoms. The number of ether oxygens (including phenoxy) is 2. The summed E-state index contributed by atoms with van der Waals surface area (Å²) in [6, 6.07) is 22.8. The summed E-state index contributed by atoms with van der Waals surface area (Å²) in [5.74, 6) is -1.02. The molecule has 1 aliphatic heterocycles. The number of hydrogen-bond donors (Lipinski definition) is 0. The first-order valence-corrected chi connectivity index (χ1v) is 9.62. The smallest absolute Gasteiger partial charge is 0.340 e. The van der Waals surface area contributed by atoms with Crippen molar-refractivity contribution in [3.05, 3.63) is 101 Å². The van der Waals surface area contributed by atoms with Crippen LogP contribution in [0.4, 0.5) is 0 Å². The molecule has 0 radical (unpaired) electrons. The molecule has 0 aliphatic carbocycles. The van der Waals surface area contributed by atoms with Gasteiger partial charge in [-0.3, -0.25) is 9.59 Å². The molecule has 0 bridgehead atoms. The lowest BCUT2D eigenvalue weighted by atomic mass is 10.0. The van der Waals surface area contributed by atoms with Gasteiger partial charge < -0.3 is 9.47 Å². The molecule has 6 heteroatoms. The molecular formula is C25H19NO5. The number of amides is 2. The highest BCUT2D eigenvalue weighted by molar-refractivity contribution is 6.23. The van der Waals surface area contributed by atoms with Crippen LogP contribution in [0.25, 0.3) is 11.6 Å². The fourth-order valence-electron chi connectivity index (χ4n) is 3.38. The van der Waals surface area contributed by atoms with E-state index in [1.165, 1.54) is 0 Å². The second-order valence-electron chi connectivity index (χ2n) is 6.81. The van der Waals surface area contributed by atoms with Crippen LogP contribution in [0, 0.1) is 0 Å². The first-order chi connectivity index (χ1) is 15.1. The minimum absolute atomic E-state index is 0.279. The summed E-state index contributed by atoms with van der Waals surface area (Å²) in [4.78, 5) is 39.0. The van der Waals surface area contributed by atoms with Crippen LogP contribution in [0.2, 0.25) is 0 Å². The van der Waals surface area contributed by atoms with Crippen molar-refractivity contribution in [2.75, 3.05) is 13.8 Å². The molecule has 0 unspecified atom stereocenters. The van der Waals surface area contributed by atoms with Gasteiger partial charge in [0.15, 0.2) is 6.73 Å². The summed E-state index contributed by atoms with van der Waals surface area (Å²) in [6.07, 6.45) is 1.67. The zero-order chi connectivity index (χ0) is 21.8. The summed E-state index contributed by atoms with van der Waals surface area (Å²) >= 11 is 0. The fourth-order valence-corrected chi connectivity index (χ4v) is 3.38. The molecule has 0 N–H and O–H groups in total. The van der Waals surface area contributed by atoms with Gasteiger partial charge in [-0.1, -0.05) is 60.7 Å². The number of esters is 1. The van der Waals surface area contributed by atoms with E-state index in [1.54, 1.807) is 55.7 Å². The largest absolute Gasteiger partial charge is 0.496 e. The Kier molecular flexibility index (Phi) is 5.62. The van der Waals surface area contributed by atoms with E-state index in [0.717, 1.165) is 4.90 Å². The van der Waals surface area contributed by atoms with Gasteiger partial charge in [0.05, 0.1) is 23.8 Å². The number of carbonyl (C=O) groups excluding carboxylic acids is 3. The van der Waals surface area contributed by atoms with Gasteiger partial charge in [-0.25, -0.2) is 9.69 Å². The first kappa shape index (κ1) is 20.1. The number of imide groups is 1. The average molecular weight is 413 g/mol.